The SMILES string of the molecule is Cc1[nH+]c(N)ccc1-c1ccc(CC(=O)Nc2cc(C(C)(C)C)on2)cc1. The van der Waals surface area contributed by atoms with Crippen molar-refractivity contribution in [2.45, 2.75) is 39.5 Å². The fourth-order valence-electron chi connectivity index (χ4n) is 2.80. The number of hydrogen-bond donors (Lipinski definition) is 2. The molecule has 1 aromatic carbocycles. The fraction of sp³-hybridized carbons (Fsp3) is 0.286. The molecule has 27 heavy (non-hydrogen) atoms. The first-order chi connectivity index (χ1) is 12.7. The smallest absolute Gasteiger partial charge is 0.270 e. The van der Waals surface area contributed by atoms with Crippen molar-refractivity contribution < 1.29 is 14.3 Å². The van der Waals surface area contributed by atoms with Crippen molar-refractivity contribution >= 4 is 17.5 Å². The summed E-state index contributed by atoms with van der Waals surface area (Å²) in [7, 11) is 0. The number of nitrogens with zero attached hydrogens (tertiary/aromatic N) is 1. The van der Waals surface area contributed by atoms with E-state index in [0.29, 0.717) is 11.6 Å². The van der Waals surface area contributed by atoms with Crippen molar-refractivity contribution in [2.24, 2.45) is 0 Å². The standard InChI is InChI=1S/C21H24N4O2/c1-13-16(9-10-18(22)23-13)15-7-5-14(6-8-15)11-20(26)24-19-12-17(27-25-19)21(2,3)4/h5-10,12H,11H2,1-4H3,(H2,22,23)(H,24,25,26)/p+1. The maximum absolute atomic E-state index is 12.3. The van der Waals surface area contributed by atoms with Gasteiger partial charge >= 0.3 is 0 Å². The molecule has 0 aliphatic rings. The maximum Gasteiger partial charge on any atom is 0.270 e. The highest BCUT2D eigenvalue weighted by molar-refractivity contribution is 5.91. The van der Waals surface area contributed by atoms with Gasteiger partial charge in [-0.25, -0.2) is 4.98 Å². The van der Waals surface area contributed by atoms with Crippen molar-refractivity contribution in [3.05, 3.63) is 59.5 Å². The van der Waals surface area contributed by atoms with Crippen LogP contribution in [-0.2, 0) is 16.6 Å². The Morgan fingerprint density at radius 2 is 1.89 bits per heavy atom. The Morgan fingerprint density at radius 3 is 2.48 bits per heavy atom. The molecule has 0 aliphatic carbocycles. The predicted molar refractivity (Wildman–Crippen MR) is 105 cm³/mol. The number of nitrogen functional groups attached to an aromatic ring is 1. The van der Waals surface area contributed by atoms with Crippen LogP contribution in [0.15, 0.2) is 47.0 Å². The lowest BCUT2D eigenvalue weighted by Gasteiger charge is -2.12. The van der Waals surface area contributed by atoms with E-state index in [0.717, 1.165) is 28.1 Å². The van der Waals surface area contributed by atoms with Crippen LogP contribution >= 0.6 is 0 Å². The second-order valence-corrected chi connectivity index (χ2v) is 7.70. The van der Waals surface area contributed by atoms with Gasteiger partial charge < -0.3 is 9.84 Å². The molecule has 2 aromatic heterocycles. The molecule has 0 unspecified atom stereocenters. The van der Waals surface area contributed by atoms with E-state index in [9.17, 15) is 4.79 Å². The van der Waals surface area contributed by atoms with Gasteiger partial charge in [0.2, 0.25) is 5.91 Å². The van der Waals surface area contributed by atoms with Gasteiger partial charge in [-0.15, -0.1) is 0 Å². The zero-order valence-electron chi connectivity index (χ0n) is 16.1. The van der Waals surface area contributed by atoms with E-state index in [2.05, 4.69) is 15.5 Å². The van der Waals surface area contributed by atoms with Crippen molar-refractivity contribution in [3.8, 4) is 11.1 Å². The van der Waals surface area contributed by atoms with E-state index in [1.165, 1.54) is 0 Å². The average molecular weight is 365 g/mol. The number of carbonyl (C=O) groups excluding carboxylic acids is 1. The van der Waals surface area contributed by atoms with Gasteiger partial charge in [-0.2, -0.15) is 0 Å². The third-order valence-electron chi connectivity index (χ3n) is 4.31. The number of nitrogens with two attached hydrogens (primary N) is 1. The molecule has 1 amide bonds. The zero-order valence-corrected chi connectivity index (χ0v) is 16.1. The number of aryl methyl sites for hydroxylation is 1. The molecule has 0 radical (unpaired) electrons. The lowest BCUT2D eigenvalue weighted by atomic mass is 9.93. The highest BCUT2D eigenvalue weighted by atomic mass is 16.5. The molecular weight excluding hydrogens is 340 g/mol. The van der Waals surface area contributed by atoms with Gasteiger partial charge in [0, 0.05) is 23.1 Å². The lowest BCUT2D eigenvalue weighted by molar-refractivity contribution is -0.369. The summed E-state index contributed by atoms with van der Waals surface area (Å²) in [5.41, 5.74) is 9.69. The average Bonchev–Trinajstić information content (AvgIpc) is 3.04. The van der Waals surface area contributed by atoms with Gasteiger partial charge in [-0.3, -0.25) is 10.5 Å². The molecule has 0 spiro atoms. The largest absolute Gasteiger partial charge is 0.359 e. The monoisotopic (exact) mass is 365 g/mol. The number of amides is 1. The van der Waals surface area contributed by atoms with Crippen molar-refractivity contribution in [2.75, 3.05) is 11.1 Å². The Morgan fingerprint density at radius 1 is 1.19 bits per heavy atom. The number of anilines is 2. The zero-order chi connectivity index (χ0) is 19.6. The Hall–Kier alpha value is -3.15. The summed E-state index contributed by atoms with van der Waals surface area (Å²) in [6.45, 7) is 8.07. The van der Waals surface area contributed by atoms with Crippen LogP contribution in [0, 0.1) is 6.92 Å². The maximum atomic E-state index is 12.3. The minimum atomic E-state index is -0.149. The fourth-order valence-corrected chi connectivity index (χ4v) is 2.80. The van der Waals surface area contributed by atoms with Crippen molar-refractivity contribution in [3.63, 3.8) is 0 Å². The predicted octanol–water partition coefficient (Wildman–Crippen LogP) is 3.53. The molecule has 0 aliphatic heterocycles. The number of aromatic amines is 1. The molecule has 2 heterocycles. The molecule has 140 valence electrons. The van der Waals surface area contributed by atoms with E-state index >= 15 is 0 Å². The number of benzene rings is 1. The van der Waals surface area contributed by atoms with Crippen LogP contribution in [0.3, 0.4) is 0 Å². The Labute approximate surface area is 158 Å². The van der Waals surface area contributed by atoms with Crippen LogP contribution in [0.2, 0.25) is 0 Å². The number of H-pyrrole nitrogens is 1. The van der Waals surface area contributed by atoms with E-state index in [4.69, 9.17) is 10.3 Å². The van der Waals surface area contributed by atoms with Gasteiger partial charge in [-0.05, 0) is 24.1 Å². The summed E-state index contributed by atoms with van der Waals surface area (Å²) in [5, 5.41) is 6.70. The van der Waals surface area contributed by atoms with Gasteiger partial charge in [-0.1, -0.05) is 50.2 Å². The molecule has 0 bridgehead atoms. The van der Waals surface area contributed by atoms with E-state index in [-0.39, 0.29) is 17.7 Å². The summed E-state index contributed by atoms with van der Waals surface area (Å²) in [6.07, 6.45) is 0.269. The van der Waals surface area contributed by atoms with Crippen LogP contribution < -0.4 is 16.0 Å². The molecule has 0 saturated heterocycles. The molecule has 0 fully saturated rings. The third kappa shape index (κ3) is 4.53. The number of nitrogens with one attached hydrogen (secondary N) is 2. The highest BCUT2D eigenvalue weighted by Gasteiger charge is 2.20. The van der Waals surface area contributed by atoms with Crippen LogP contribution in [0.25, 0.3) is 11.1 Å². The quantitative estimate of drug-likeness (QED) is 0.739. The lowest BCUT2D eigenvalue weighted by Crippen LogP contribution is -2.15. The summed E-state index contributed by atoms with van der Waals surface area (Å²) >= 11 is 0. The Balaban J connectivity index is 1.66. The van der Waals surface area contributed by atoms with Crippen molar-refractivity contribution in [1.82, 2.24) is 5.16 Å². The Bertz CT molecular complexity index is 953. The minimum absolute atomic E-state index is 0.131. The minimum Gasteiger partial charge on any atom is -0.359 e. The normalized spacial score (nSPS) is 11.4. The summed E-state index contributed by atoms with van der Waals surface area (Å²) in [6, 6.07) is 13.5. The number of pyridine rings is 1. The topological polar surface area (TPSA) is 95.3 Å². The molecule has 0 saturated carbocycles. The molecule has 6 nitrogen and oxygen atoms in total. The molecule has 3 aromatic rings. The number of hydrogen-bond acceptors (Lipinski definition) is 4. The van der Waals surface area contributed by atoms with Crippen molar-refractivity contribution in [1.29, 1.82) is 0 Å². The first kappa shape index (κ1) is 18.6. The van der Waals surface area contributed by atoms with Crippen LogP contribution in [0.4, 0.5) is 11.6 Å². The molecule has 0 atom stereocenters. The first-order valence-corrected chi connectivity index (χ1v) is 8.87. The summed E-state index contributed by atoms with van der Waals surface area (Å²) in [5.74, 6) is 1.67. The third-order valence-corrected chi connectivity index (χ3v) is 4.31. The van der Waals surface area contributed by atoms with E-state index < -0.39 is 0 Å². The summed E-state index contributed by atoms with van der Waals surface area (Å²) in [4.78, 5) is 15.4. The number of aromatic nitrogens is 2. The number of rotatable bonds is 4. The van der Waals surface area contributed by atoms with Crippen LogP contribution in [-0.4, -0.2) is 11.1 Å². The first-order valence-electron chi connectivity index (χ1n) is 8.87. The molecular formula is C21H25N4O2+. The van der Waals surface area contributed by atoms with Crippen LogP contribution in [0.1, 0.15) is 37.8 Å². The number of carbonyl (C=O) groups is 1. The van der Waals surface area contributed by atoms with Gasteiger partial charge in [0.25, 0.3) is 5.82 Å². The van der Waals surface area contributed by atoms with E-state index in [1.54, 1.807) is 6.07 Å². The van der Waals surface area contributed by atoms with Gasteiger partial charge in [0.1, 0.15) is 11.5 Å². The highest BCUT2D eigenvalue weighted by Crippen LogP contribution is 2.25. The van der Waals surface area contributed by atoms with Gasteiger partial charge in [0.05, 0.1) is 6.42 Å². The van der Waals surface area contributed by atoms with Gasteiger partial charge in [0.15, 0.2) is 5.82 Å². The second kappa shape index (κ2) is 7.23. The molecule has 4 N–H and O–H groups in total. The summed E-state index contributed by atoms with van der Waals surface area (Å²) < 4.78 is 5.29. The van der Waals surface area contributed by atoms with Crippen LogP contribution in [0.5, 0.6) is 0 Å². The Kier molecular flexibility index (Phi) is 4.99. The molecule has 3 rings (SSSR count). The molecule has 6 heteroatoms. The van der Waals surface area contributed by atoms with E-state index in [1.807, 2.05) is 64.1 Å². The second-order valence-electron chi connectivity index (χ2n) is 7.70.